The average molecular weight is 276 g/mol. The molecule has 0 radical (unpaired) electrons. The SMILES string of the molecule is Cc1cccc(NC(=S)N2CCCCCC2C)c1C. The first-order chi connectivity index (χ1) is 9.09. The first-order valence-corrected chi connectivity index (χ1v) is 7.64. The number of aryl methyl sites for hydroxylation is 1. The smallest absolute Gasteiger partial charge is 0.173 e. The monoisotopic (exact) mass is 276 g/mol. The van der Waals surface area contributed by atoms with E-state index in [1.165, 1.54) is 36.8 Å². The van der Waals surface area contributed by atoms with Crippen molar-refractivity contribution in [1.82, 2.24) is 4.90 Å². The van der Waals surface area contributed by atoms with E-state index in [0.29, 0.717) is 6.04 Å². The fourth-order valence-electron chi connectivity index (χ4n) is 2.65. The van der Waals surface area contributed by atoms with E-state index in [1.807, 2.05) is 0 Å². The highest BCUT2D eigenvalue weighted by Crippen LogP contribution is 2.21. The minimum Gasteiger partial charge on any atom is -0.346 e. The Morgan fingerprint density at radius 1 is 1.26 bits per heavy atom. The summed E-state index contributed by atoms with van der Waals surface area (Å²) in [6.45, 7) is 7.64. The van der Waals surface area contributed by atoms with Crippen LogP contribution >= 0.6 is 12.2 Å². The fourth-order valence-corrected chi connectivity index (χ4v) is 3.03. The Bertz CT molecular complexity index is 456. The number of hydrogen-bond donors (Lipinski definition) is 1. The molecular formula is C16H24N2S. The molecule has 2 rings (SSSR count). The molecular weight excluding hydrogens is 252 g/mol. The first kappa shape index (κ1) is 14.3. The van der Waals surface area contributed by atoms with Gasteiger partial charge in [-0.3, -0.25) is 0 Å². The summed E-state index contributed by atoms with van der Waals surface area (Å²) < 4.78 is 0. The molecule has 1 atom stereocenters. The van der Waals surface area contributed by atoms with Gasteiger partial charge in [-0.2, -0.15) is 0 Å². The highest BCUT2D eigenvalue weighted by molar-refractivity contribution is 7.80. The number of hydrogen-bond acceptors (Lipinski definition) is 1. The quantitative estimate of drug-likeness (QED) is 0.771. The molecule has 1 heterocycles. The van der Waals surface area contributed by atoms with Gasteiger partial charge < -0.3 is 10.2 Å². The number of thiocarbonyl (C=S) groups is 1. The molecule has 1 aliphatic rings. The van der Waals surface area contributed by atoms with Crippen LogP contribution in [0.25, 0.3) is 0 Å². The maximum Gasteiger partial charge on any atom is 0.173 e. The van der Waals surface area contributed by atoms with Gasteiger partial charge in [-0.25, -0.2) is 0 Å². The van der Waals surface area contributed by atoms with Gasteiger partial charge in [0.15, 0.2) is 5.11 Å². The highest BCUT2D eigenvalue weighted by Gasteiger charge is 2.19. The van der Waals surface area contributed by atoms with Crippen molar-refractivity contribution >= 4 is 23.0 Å². The van der Waals surface area contributed by atoms with Gasteiger partial charge in [0.2, 0.25) is 0 Å². The van der Waals surface area contributed by atoms with Gasteiger partial charge in [0.05, 0.1) is 0 Å². The van der Waals surface area contributed by atoms with E-state index < -0.39 is 0 Å². The lowest BCUT2D eigenvalue weighted by Gasteiger charge is -2.30. The van der Waals surface area contributed by atoms with Crippen LogP contribution < -0.4 is 5.32 Å². The standard InChI is InChI=1S/C16H24N2S/c1-12-8-7-10-15(14(12)3)17-16(19)18-11-6-4-5-9-13(18)2/h7-8,10,13H,4-6,9,11H2,1-3H3,(H,17,19). The summed E-state index contributed by atoms with van der Waals surface area (Å²) in [7, 11) is 0. The zero-order chi connectivity index (χ0) is 13.8. The lowest BCUT2D eigenvalue weighted by Crippen LogP contribution is -2.41. The van der Waals surface area contributed by atoms with Crippen LogP contribution in [0.4, 0.5) is 5.69 Å². The van der Waals surface area contributed by atoms with Crippen molar-refractivity contribution in [2.24, 2.45) is 0 Å². The molecule has 19 heavy (non-hydrogen) atoms. The zero-order valence-electron chi connectivity index (χ0n) is 12.2. The molecule has 1 aromatic rings. The van der Waals surface area contributed by atoms with E-state index in [-0.39, 0.29) is 0 Å². The molecule has 1 aliphatic heterocycles. The van der Waals surface area contributed by atoms with Crippen LogP contribution in [-0.4, -0.2) is 22.6 Å². The average Bonchev–Trinajstić information content (AvgIpc) is 2.59. The maximum atomic E-state index is 5.61. The number of rotatable bonds is 1. The Labute approximate surface area is 122 Å². The van der Waals surface area contributed by atoms with E-state index in [4.69, 9.17) is 12.2 Å². The molecule has 1 saturated heterocycles. The lowest BCUT2D eigenvalue weighted by atomic mass is 10.1. The summed E-state index contributed by atoms with van der Waals surface area (Å²) in [6.07, 6.45) is 5.14. The number of nitrogens with one attached hydrogen (secondary N) is 1. The van der Waals surface area contributed by atoms with Crippen LogP contribution in [0.2, 0.25) is 0 Å². The highest BCUT2D eigenvalue weighted by atomic mass is 32.1. The van der Waals surface area contributed by atoms with E-state index in [0.717, 1.165) is 17.3 Å². The molecule has 3 heteroatoms. The van der Waals surface area contributed by atoms with E-state index in [1.54, 1.807) is 0 Å². The summed E-state index contributed by atoms with van der Waals surface area (Å²) in [5.74, 6) is 0. The number of anilines is 1. The van der Waals surface area contributed by atoms with Gasteiger partial charge in [-0.05, 0) is 63.0 Å². The van der Waals surface area contributed by atoms with E-state index in [9.17, 15) is 0 Å². The molecule has 104 valence electrons. The third-order valence-corrected chi connectivity index (χ3v) is 4.50. The van der Waals surface area contributed by atoms with Gasteiger partial charge in [0.25, 0.3) is 0 Å². The second-order valence-electron chi connectivity index (χ2n) is 5.57. The minimum atomic E-state index is 0.549. The Hall–Kier alpha value is -1.09. The molecule has 0 amide bonds. The fraction of sp³-hybridized carbons (Fsp3) is 0.562. The molecule has 1 unspecified atom stereocenters. The van der Waals surface area contributed by atoms with Crippen LogP contribution in [0.3, 0.4) is 0 Å². The van der Waals surface area contributed by atoms with Gasteiger partial charge in [0, 0.05) is 18.3 Å². The predicted octanol–water partition coefficient (Wildman–Crippen LogP) is 4.26. The molecule has 0 saturated carbocycles. The molecule has 1 N–H and O–H groups in total. The zero-order valence-corrected chi connectivity index (χ0v) is 13.0. The van der Waals surface area contributed by atoms with Crippen LogP contribution in [0.15, 0.2) is 18.2 Å². The summed E-state index contributed by atoms with van der Waals surface area (Å²) >= 11 is 5.61. The lowest BCUT2D eigenvalue weighted by molar-refractivity contribution is 0.341. The molecule has 0 bridgehead atoms. The van der Waals surface area contributed by atoms with Crippen molar-refractivity contribution in [3.05, 3.63) is 29.3 Å². The minimum absolute atomic E-state index is 0.549. The summed E-state index contributed by atoms with van der Waals surface area (Å²) in [4.78, 5) is 2.35. The first-order valence-electron chi connectivity index (χ1n) is 7.23. The Balaban J connectivity index is 2.09. The van der Waals surface area contributed by atoms with Crippen LogP contribution in [0.5, 0.6) is 0 Å². The number of likely N-dealkylation sites (tertiary alicyclic amines) is 1. The van der Waals surface area contributed by atoms with Crippen molar-refractivity contribution in [2.75, 3.05) is 11.9 Å². The molecule has 0 aliphatic carbocycles. The van der Waals surface area contributed by atoms with Crippen molar-refractivity contribution in [1.29, 1.82) is 0 Å². The van der Waals surface area contributed by atoms with Crippen LogP contribution in [0, 0.1) is 13.8 Å². The Kier molecular flexibility index (Phi) is 4.81. The van der Waals surface area contributed by atoms with Gasteiger partial charge in [-0.1, -0.05) is 25.0 Å². The van der Waals surface area contributed by atoms with Crippen molar-refractivity contribution in [3.63, 3.8) is 0 Å². The van der Waals surface area contributed by atoms with Crippen LogP contribution in [0.1, 0.15) is 43.7 Å². The largest absolute Gasteiger partial charge is 0.346 e. The second kappa shape index (κ2) is 6.38. The summed E-state index contributed by atoms with van der Waals surface area (Å²) in [5.41, 5.74) is 3.73. The molecule has 2 nitrogen and oxygen atoms in total. The molecule has 0 aromatic heterocycles. The third kappa shape index (κ3) is 3.47. The topological polar surface area (TPSA) is 15.3 Å². The Morgan fingerprint density at radius 3 is 2.84 bits per heavy atom. The summed E-state index contributed by atoms with van der Waals surface area (Å²) in [5, 5.41) is 4.31. The van der Waals surface area contributed by atoms with E-state index in [2.05, 4.69) is 49.2 Å². The summed E-state index contributed by atoms with van der Waals surface area (Å²) in [6, 6.07) is 6.88. The van der Waals surface area contributed by atoms with Crippen molar-refractivity contribution in [2.45, 2.75) is 52.5 Å². The third-order valence-electron chi connectivity index (χ3n) is 4.16. The van der Waals surface area contributed by atoms with Crippen molar-refractivity contribution < 1.29 is 0 Å². The normalized spacial score (nSPS) is 19.9. The van der Waals surface area contributed by atoms with Crippen molar-refractivity contribution in [3.8, 4) is 0 Å². The molecule has 1 aromatic carbocycles. The van der Waals surface area contributed by atoms with Gasteiger partial charge in [-0.15, -0.1) is 0 Å². The van der Waals surface area contributed by atoms with Crippen LogP contribution in [-0.2, 0) is 0 Å². The maximum absolute atomic E-state index is 5.61. The Morgan fingerprint density at radius 2 is 2.05 bits per heavy atom. The molecule has 1 fully saturated rings. The number of benzene rings is 1. The van der Waals surface area contributed by atoms with E-state index >= 15 is 0 Å². The van der Waals surface area contributed by atoms with Gasteiger partial charge in [0.1, 0.15) is 0 Å². The predicted molar refractivity (Wildman–Crippen MR) is 86.8 cm³/mol. The second-order valence-corrected chi connectivity index (χ2v) is 5.96. The molecule has 0 spiro atoms. The van der Waals surface area contributed by atoms with Gasteiger partial charge >= 0.3 is 0 Å². The number of nitrogens with zero attached hydrogens (tertiary/aromatic N) is 1.